The Hall–Kier alpha value is -1.92. The van der Waals surface area contributed by atoms with E-state index in [0.29, 0.717) is 27.9 Å². The number of rotatable bonds is 5. The third-order valence-corrected chi connectivity index (χ3v) is 5.28. The number of thiazole rings is 1. The number of halogens is 1. The van der Waals surface area contributed by atoms with Crippen LogP contribution in [0.3, 0.4) is 0 Å². The second-order valence-electron chi connectivity index (χ2n) is 5.60. The SMILES string of the molecule is O=C(NCCC(=O)N1CCCC1)c1cnc(-c2ccccc2Cl)s1. The molecule has 126 valence electrons. The Kier molecular flexibility index (Phi) is 5.48. The highest BCUT2D eigenvalue weighted by Crippen LogP contribution is 2.30. The molecule has 1 N–H and O–H groups in total. The molecule has 7 heteroatoms. The van der Waals surface area contributed by atoms with Crippen LogP contribution in [0.1, 0.15) is 28.9 Å². The van der Waals surface area contributed by atoms with Crippen molar-refractivity contribution >= 4 is 34.8 Å². The number of hydrogen-bond acceptors (Lipinski definition) is 4. The minimum absolute atomic E-state index is 0.105. The largest absolute Gasteiger partial charge is 0.351 e. The van der Waals surface area contributed by atoms with Gasteiger partial charge in [0.2, 0.25) is 5.91 Å². The molecule has 0 radical (unpaired) electrons. The Labute approximate surface area is 149 Å². The topological polar surface area (TPSA) is 62.3 Å². The van der Waals surface area contributed by atoms with Crippen molar-refractivity contribution in [1.29, 1.82) is 0 Å². The molecule has 0 bridgehead atoms. The van der Waals surface area contributed by atoms with Gasteiger partial charge in [-0.3, -0.25) is 9.59 Å². The van der Waals surface area contributed by atoms with Gasteiger partial charge in [-0.15, -0.1) is 11.3 Å². The summed E-state index contributed by atoms with van der Waals surface area (Å²) in [4.78, 5) is 30.8. The standard InChI is InChI=1S/C17H18ClN3O2S/c18-13-6-2-1-5-12(13)17-20-11-14(24-17)16(23)19-8-7-15(22)21-9-3-4-10-21/h1-2,5-6,11H,3-4,7-10H2,(H,19,23). The molecule has 5 nitrogen and oxygen atoms in total. The fourth-order valence-corrected chi connectivity index (χ4v) is 3.79. The third-order valence-electron chi connectivity index (χ3n) is 3.92. The van der Waals surface area contributed by atoms with Gasteiger partial charge in [-0.2, -0.15) is 0 Å². The van der Waals surface area contributed by atoms with E-state index in [-0.39, 0.29) is 11.8 Å². The number of aromatic nitrogens is 1. The molecule has 1 aliphatic heterocycles. The zero-order valence-corrected chi connectivity index (χ0v) is 14.7. The van der Waals surface area contributed by atoms with E-state index in [9.17, 15) is 9.59 Å². The van der Waals surface area contributed by atoms with E-state index in [1.807, 2.05) is 23.1 Å². The molecule has 1 aromatic carbocycles. The van der Waals surface area contributed by atoms with Crippen LogP contribution in [0.4, 0.5) is 0 Å². The van der Waals surface area contributed by atoms with Crippen molar-refractivity contribution in [2.24, 2.45) is 0 Å². The molecule has 1 aliphatic rings. The molecular weight excluding hydrogens is 346 g/mol. The van der Waals surface area contributed by atoms with E-state index in [0.717, 1.165) is 31.5 Å². The van der Waals surface area contributed by atoms with Crippen LogP contribution in [-0.2, 0) is 4.79 Å². The summed E-state index contributed by atoms with van der Waals surface area (Å²) in [6.45, 7) is 2.01. The van der Waals surface area contributed by atoms with Crippen LogP contribution in [-0.4, -0.2) is 41.3 Å². The Balaban J connectivity index is 1.54. The van der Waals surface area contributed by atoms with E-state index in [4.69, 9.17) is 11.6 Å². The van der Waals surface area contributed by atoms with Crippen molar-refractivity contribution in [1.82, 2.24) is 15.2 Å². The third kappa shape index (κ3) is 3.94. The molecule has 1 fully saturated rings. The van der Waals surface area contributed by atoms with Crippen LogP contribution in [0.5, 0.6) is 0 Å². The van der Waals surface area contributed by atoms with Crippen LogP contribution in [0.2, 0.25) is 5.02 Å². The molecule has 2 aromatic rings. The van der Waals surface area contributed by atoms with Crippen molar-refractivity contribution in [3.63, 3.8) is 0 Å². The summed E-state index contributed by atoms with van der Waals surface area (Å²) >= 11 is 7.44. The second-order valence-corrected chi connectivity index (χ2v) is 7.04. The first-order chi connectivity index (χ1) is 11.6. The second kappa shape index (κ2) is 7.77. The van der Waals surface area contributed by atoms with E-state index < -0.39 is 0 Å². The smallest absolute Gasteiger partial charge is 0.263 e. The predicted octanol–water partition coefficient (Wildman–Crippen LogP) is 3.21. The minimum Gasteiger partial charge on any atom is -0.351 e. The van der Waals surface area contributed by atoms with Crippen LogP contribution in [0.25, 0.3) is 10.6 Å². The Bertz CT molecular complexity index is 741. The normalized spacial score (nSPS) is 14.0. The average Bonchev–Trinajstić information content (AvgIpc) is 3.27. The predicted molar refractivity (Wildman–Crippen MR) is 95.3 cm³/mol. The van der Waals surface area contributed by atoms with Gasteiger partial charge < -0.3 is 10.2 Å². The van der Waals surface area contributed by atoms with Crippen molar-refractivity contribution in [3.05, 3.63) is 40.4 Å². The highest BCUT2D eigenvalue weighted by atomic mass is 35.5. The highest BCUT2D eigenvalue weighted by molar-refractivity contribution is 7.17. The lowest BCUT2D eigenvalue weighted by atomic mass is 10.2. The first-order valence-electron chi connectivity index (χ1n) is 7.92. The number of carbonyl (C=O) groups excluding carboxylic acids is 2. The van der Waals surface area contributed by atoms with Gasteiger partial charge in [0.25, 0.3) is 5.91 Å². The summed E-state index contributed by atoms with van der Waals surface area (Å²) in [5.74, 6) is -0.103. The van der Waals surface area contributed by atoms with Crippen molar-refractivity contribution in [2.45, 2.75) is 19.3 Å². The van der Waals surface area contributed by atoms with Gasteiger partial charge in [0, 0.05) is 31.6 Å². The van der Waals surface area contributed by atoms with Crippen molar-refractivity contribution in [2.75, 3.05) is 19.6 Å². The van der Waals surface area contributed by atoms with Gasteiger partial charge in [-0.1, -0.05) is 29.8 Å². The first-order valence-corrected chi connectivity index (χ1v) is 9.11. The number of nitrogens with one attached hydrogen (secondary N) is 1. The van der Waals surface area contributed by atoms with Gasteiger partial charge in [-0.25, -0.2) is 4.98 Å². The zero-order valence-electron chi connectivity index (χ0n) is 13.1. The molecular formula is C17H18ClN3O2S. The average molecular weight is 364 g/mol. The number of carbonyl (C=O) groups is 2. The molecule has 0 aliphatic carbocycles. The molecule has 0 saturated carbocycles. The van der Waals surface area contributed by atoms with E-state index in [1.54, 1.807) is 12.3 Å². The number of benzene rings is 1. The summed E-state index contributed by atoms with van der Waals surface area (Å²) < 4.78 is 0. The molecule has 3 rings (SSSR count). The summed E-state index contributed by atoms with van der Waals surface area (Å²) in [7, 11) is 0. The number of nitrogens with zero attached hydrogens (tertiary/aromatic N) is 2. The van der Waals surface area contributed by atoms with E-state index >= 15 is 0 Å². The van der Waals surface area contributed by atoms with Crippen LogP contribution >= 0.6 is 22.9 Å². The molecule has 24 heavy (non-hydrogen) atoms. The van der Waals surface area contributed by atoms with Crippen molar-refractivity contribution < 1.29 is 9.59 Å². The fraction of sp³-hybridized carbons (Fsp3) is 0.353. The number of likely N-dealkylation sites (tertiary alicyclic amines) is 1. The van der Waals surface area contributed by atoms with Gasteiger partial charge in [0.05, 0.1) is 11.2 Å². The maximum absolute atomic E-state index is 12.2. The molecule has 2 heterocycles. The summed E-state index contributed by atoms with van der Waals surface area (Å²) in [6, 6.07) is 7.40. The van der Waals surface area contributed by atoms with Gasteiger partial charge >= 0.3 is 0 Å². The summed E-state index contributed by atoms with van der Waals surface area (Å²) in [6.07, 6.45) is 4.02. The molecule has 0 atom stereocenters. The summed E-state index contributed by atoms with van der Waals surface area (Å²) in [5.41, 5.74) is 0.812. The Morgan fingerprint density at radius 2 is 2.00 bits per heavy atom. The summed E-state index contributed by atoms with van der Waals surface area (Å²) in [5, 5.41) is 4.10. The van der Waals surface area contributed by atoms with Gasteiger partial charge in [-0.05, 0) is 18.9 Å². The highest BCUT2D eigenvalue weighted by Gasteiger charge is 2.18. The van der Waals surface area contributed by atoms with E-state index in [2.05, 4.69) is 10.3 Å². The molecule has 0 spiro atoms. The van der Waals surface area contributed by atoms with Crippen LogP contribution in [0.15, 0.2) is 30.5 Å². The van der Waals surface area contributed by atoms with Crippen LogP contribution in [0, 0.1) is 0 Å². The van der Waals surface area contributed by atoms with Gasteiger partial charge in [0.1, 0.15) is 9.88 Å². The molecule has 0 unspecified atom stereocenters. The lowest BCUT2D eigenvalue weighted by Gasteiger charge is -2.14. The lowest BCUT2D eigenvalue weighted by Crippen LogP contribution is -2.32. The van der Waals surface area contributed by atoms with Gasteiger partial charge in [0.15, 0.2) is 0 Å². The maximum Gasteiger partial charge on any atom is 0.263 e. The van der Waals surface area contributed by atoms with E-state index in [1.165, 1.54) is 11.3 Å². The van der Waals surface area contributed by atoms with Crippen LogP contribution < -0.4 is 5.32 Å². The monoisotopic (exact) mass is 363 g/mol. The van der Waals surface area contributed by atoms with Crippen molar-refractivity contribution in [3.8, 4) is 10.6 Å². The Morgan fingerprint density at radius 3 is 2.75 bits per heavy atom. The number of hydrogen-bond donors (Lipinski definition) is 1. The fourth-order valence-electron chi connectivity index (χ4n) is 2.63. The molecule has 2 amide bonds. The number of amides is 2. The quantitative estimate of drug-likeness (QED) is 0.887. The molecule has 1 saturated heterocycles. The lowest BCUT2D eigenvalue weighted by molar-refractivity contribution is -0.129. The maximum atomic E-state index is 12.2. The Morgan fingerprint density at radius 1 is 1.25 bits per heavy atom. The zero-order chi connectivity index (χ0) is 16.9. The first kappa shape index (κ1) is 16.9. The molecule has 1 aromatic heterocycles. The minimum atomic E-state index is -0.208.